The Balaban J connectivity index is 2.50. The van der Waals surface area contributed by atoms with Gasteiger partial charge >= 0.3 is 11.4 Å². The second-order valence-electron chi connectivity index (χ2n) is 3.01. The van der Waals surface area contributed by atoms with Crippen LogP contribution in [0, 0.1) is 10.1 Å². The summed E-state index contributed by atoms with van der Waals surface area (Å²) in [4.78, 5) is 36.9. The first-order chi connectivity index (χ1) is 8.08. The number of rotatable bonds is 3. The van der Waals surface area contributed by atoms with Crippen molar-refractivity contribution in [3.05, 3.63) is 55.3 Å². The van der Waals surface area contributed by atoms with E-state index in [1.165, 1.54) is 24.3 Å². The Morgan fingerprint density at radius 1 is 1.24 bits per heavy atom. The number of benzene rings is 1. The summed E-state index contributed by atoms with van der Waals surface area (Å²) in [5.74, 6) is -0.0833. The molecule has 0 amide bonds. The SMILES string of the molecule is O=c1[nH][nH]c(=O)n1-c1cccc(O[N+](=O)[O-])c1. The maximum Gasteiger partial charge on any atom is 0.348 e. The quantitative estimate of drug-likeness (QED) is 0.547. The first kappa shape index (κ1) is 10.7. The summed E-state index contributed by atoms with van der Waals surface area (Å²) in [5.41, 5.74) is -1.18. The zero-order chi connectivity index (χ0) is 12.4. The Hall–Kier alpha value is -2.84. The molecule has 0 saturated carbocycles. The third kappa shape index (κ3) is 2.07. The molecule has 0 aliphatic rings. The van der Waals surface area contributed by atoms with Crippen molar-refractivity contribution >= 4 is 0 Å². The molecule has 0 spiro atoms. The molecule has 0 unspecified atom stereocenters. The molecule has 2 aromatic rings. The highest BCUT2D eigenvalue weighted by molar-refractivity contribution is 5.38. The minimum Gasteiger partial charge on any atom is -0.276 e. The Bertz CT molecular complexity index is 639. The van der Waals surface area contributed by atoms with Gasteiger partial charge in [0, 0.05) is 0 Å². The van der Waals surface area contributed by atoms with Crippen LogP contribution in [0.3, 0.4) is 0 Å². The lowest BCUT2D eigenvalue weighted by Gasteiger charge is -2.01. The summed E-state index contributed by atoms with van der Waals surface area (Å²) in [5, 5.41) is 13.3. The van der Waals surface area contributed by atoms with E-state index in [2.05, 4.69) is 15.0 Å². The molecule has 0 saturated heterocycles. The van der Waals surface area contributed by atoms with Crippen LogP contribution in [-0.2, 0) is 0 Å². The van der Waals surface area contributed by atoms with E-state index in [1.807, 2.05) is 0 Å². The fourth-order valence-corrected chi connectivity index (χ4v) is 1.31. The van der Waals surface area contributed by atoms with Gasteiger partial charge in [-0.3, -0.25) is 4.84 Å². The first-order valence-corrected chi connectivity index (χ1v) is 4.40. The summed E-state index contributed by atoms with van der Waals surface area (Å²) in [7, 11) is 0. The van der Waals surface area contributed by atoms with E-state index in [0.29, 0.717) is 0 Å². The molecular weight excluding hydrogens is 232 g/mol. The van der Waals surface area contributed by atoms with Crippen molar-refractivity contribution in [1.82, 2.24) is 14.8 Å². The lowest BCUT2D eigenvalue weighted by atomic mass is 10.3. The van der Waals surface area contributed by atoms with Gasteiger partial charge in [0.2, 0.25) is 0 Å². The van der Waals surface area contributed by atoms with Gasteiger partial charge in [-0.1, -0.05) is 6.07 Å². The molecule has 1 aromatic heterocycles. The van der Waals surface area contributed by atoms with Gasteiger partial charge in [0.05, 0.1) is 5.69 Å². The van der Waals surface area contributed by atoms with Crippen molar-refractivity contribution in [3.63, 3.8) is 0 Å². The summed E-state index contributed by atoms with van der Waals surface area (Å²) in [6.07, 6.45) is 0. The normalized spacial score (nSPS) is 10.1. The van der Waals surface area contributed by atoms with Gasteiger partial charge in [-0.2, -0.15) is 0 Å². The van der Waals surface area contributed by atoms with E-state index in [4.69, 9.17) is 0 Å². The molecule has 1 heterocycles. The van der Waals surface area contributed by atoms with Crippen LogP contribution in [0.1, 0.15) is 0 Å². The van der Waals surface area contributed by atoms with Crippen LogP contribution in [0.15, 0.2) is 33.9 Å². The molecule has 0 aliphatic carbocycles. The molecule has 88 valence electrons. The van der Waals surface area contributed by atoms with E-state index < -0.39 is 16.5 Å². The number of hydrogen-bond donors (Lipinski definition) is 2. The number of nitrogens with zero attached hydrogens (tertiary/aromatic N) is 2. The van der Waals surface area contributed by atoms with Crippen LogP contribution >= 0.6 is 0 Å². The number of H-pyrrole nitrogens is 2. The molecule has 0 radical (unpaired) electrons. The molecule has 2 N–H and O–H groups in total. The number of aromatic amines is 2. The van der Waals surface area contributed by atoms with Gasteiger partial charge in [-0.25, -0.2) is 24.4 Å². The van der Waals surface area contributed by atoms with Crippen LogP contribution in [-0.4, -0.2) is 19.9 Å². The Morgan fingerprint density at radius 3 is 2.47 bits per heavy atom. The highest BCUT2D eigenvalue weighted by atomic mass is 17.0. The predicted molar refractivity (Wildman–Crippen MR) is 54.6 cm³/mol. The van der Waals surface area contributed by atoms with Crippen molar-refractivity contribution in [1.29, 1.82) is 0 Å². The molecule has 0 aliphatic heterocycles. The van der Waals surface area contributed by atoms with Gasteiger partial charge in [-0.15, -0.1) is 10.1 Å². The molecule has 0 fully saturated rings. The lowest BCUT2D eigenvalue weighted by molar-refractivity contribution is -0.711. The molecule has 2 rings (SSSR count). The summed E-state index contributed by atoms with van der Waals surface area (Å²) in [6.45, 7) is 0. The number of nitrogens with one attached hydrogen (secondary N) is 2. The zero-order valence-corrected chi connectivity index (χ0v) is 8.25. The molecule has 17 heavy (non-hydrogen) atoms. The van der Waals surface area contributed by atoms with Crippen molar-refractivity contribution in [2.75, 3.05) is 0 Å². The van der Waals surface area contributed by atoms with Crippen molar-refractivity contribution in [3.8, 4) is 11.4 Å². The van der Waals surface area contributed by atoms with E-state index in [0.717, 1.165) is 4.57 Å². The topological polar surface area (TPSA) is 123 Å². The van der Waals surface area contributed by atoms with Gasteiger partial charge in [0.1, 0.15) is 5.75 Å². The highest BCUT2D eigenvalue weighted by Crippen LogP contribution is 2.14. The summed E-state index contributed by atoms with van der Waals surface area (Å²) < 4.78 is 0.785. The maximum atomic E-state index is 11.3. The van der Waals surface area contributed by atoms with Crippen LogP contribution < -0.4 is 16.2 Å². The van der Waals surface area contributed by atoms with Crippen LogP contribution in [0.4, 0.5) is 0 Å². The second kappa shape index (κ2) is 3.96. The predicted octanol–water partition coefficient (Wildman–Crippen LogP) is -0.576. The smallest absolute Gasteiger partial charge is 0.276 e. The molecule has 0 bridgehead atoms. The molecule has 9 heteroatoms. The Labute approximate surface area is 92.4 Å². The second-order valence-corrected chi connectivity index (χ2v) is 3.01. The van der Waals surface area contributed by atoms with Gasteiger partial charge in [-0.05, 0) is 18.2 Å². The molecule has 9 nitrogen and oxygen atoms in total. The first-order valence-electron chi connectivity index (χ1n) is 4.40. The largest absolute Gasteiger partial charge is 0.348 e. The fraction of sp³-hybridized carbons (Fsp3) is 0. The van der Waals surface area contributed by atoms with Crippen LogP contribution in [0.2, 0.25) is 0 Å². The van der Waals surface area contributed by atoms with E-state index in [1.54, 1.807) is 0 Å². The average Bonchev–Trinajstić information content (AvgIpc) is 2.58. The third-order valence-corrected chi connectivity index (χ3v) is 1.94. The van der Waals surface area contributed by atoms with Crippen LogP contribution in [0.25, 0.3) is 5.69 Å². The fourth-order valence-electron chi connectivity index (χ4n) is 1.31. The summed E-state index contributed by atoms with van der Waals surface area (Å²) in [6, 6.07) is 5.40. The summed E-state index contributed by atoms with van der Waals surface area (Å²) >= 11 is 0. The van der Waals surface area contributed by atoms with E-state index in [9.17, 15) is 19.7 Å². The molecule has 1 aromatic carbocycles. The Kier molecular flexibility index (Phi) is 2.49. The minimum absolute atomic E-state index is 0.0833. The molecular formula is C8H6N4O5. The van der Waals surface area contributed by atoms with Gasteiger partial charge < -0.3 is 0 Å². The average molecular weight is 238 g/mol. The van der Waals surface area contributed by atoms with E-state index in [-0.39, 0.29) is 11.4 Å². The van der Waals surface area contributed by atoms with Crippen molar-refractivity contribution < 1.29 is 9.92 Å². The van der Waals surface area contributed by atoms with Gasteiger partial charge in [0.15, 0.2) is 0 Å². The lowest BCUT2D eigenvalue weighted by Crippen LogP contribution is -2.24. The monoisotopic (exact) mass is 238 g/mol. The van der Waals surface area contributed by atoms with Crippen LogP contribution in [0.5, 0.6) is 5.75 Å². The zero-order valence-electron chi connectivity index (χ0n) is 8.25. The number of aromatic nitrogens is 3. The number of hydrogen-bond acceptors (Lipinski definition) is 5. The highest BCUT2D eigenvalue weighted by Gasteiger charge is 2.07. The van der Waals surface area contributed by atoms with Gasteiger partial charge in [0.25, 0.3) is 5.09 Å². The standard InChI is InChI=1S/C8H6N4O5/c13-7-9-10-8(14)11(7)5-2-1-3-6(4-5)17-12(15)16/h1-4H,(H,9,13)(H,10,14). The minimum atomic E-state index is -0.983. The van der Waals surface area contributed by atoms with Crippen molar-refractivity contribution in [2.24, 2.45) is 0 Å². The van der Waals surface area contributed by atoms with Crippen molar-refractivity contribution in [2.45, 2.75) is 0 Å². The third-order valence-electron chi connectivity index (χ3n) is 1.94. The Morgan fingerprint density at radius 2 is 1.88 bits per heavy atom. The maximum absolute atomic E-state index is 11.3. The van der Waals surface area contributed by atoms with E-state index >= 15 is 0 Å². The molecule has 0 atom stereocenters.